The van der Waals surface area contributed by atoms with Crippen molar-refractivity contribution in [1.82, 2.24) is 5.32 Å². The first-order chi connectivity index (χ1) is 3.95. The fraction of sp³-hybridized carbons (Fsp3) is 0.857. The highest BCUT2D eigenvalue weighted by Gasteiger charge is 2.27. The van der Waals surface area contributed by atoms with E-state index < -0.39 is 0 Å². The van der Waals surface area contributed by atoms with Gasteiger partial charge >= 0.3 is 0 Å². The summed E-state index contributed by atoms with van der Waals surface area (Å²) in [5, 5.41) is 3.53. The zero-order valence-corrected chi connectivity index (χ0v) is 5.06. The van der Waals surface area contributed by atoms with E-state index in [-0.39, 0.29) is 0 Å². The van der Waals surface area contributed by atoms with Crippen LogP contribution in [0.1, 0.15) is 25.7 Å². The molecule has 2 heterocycles. The van der Waals surface area contributed by atoms with Crippen molar-refractivity contribution in [3.8, 4) is 0 Å². The van der Waals surface area contributed by atoms with E-state index in [2.05, 4.69) is 11.7 Å². The molecule has 2 atom stereocenters. The van der Waals surface area contributed by atoms with Crippen molar-refractivity contribution in [2.75, 3.05) is 0 Å². The zero-order valence-electron chi connectivity index (χ0n) is 5.06. The number of piperidine rings is 1. The van der Waals surface area contributed by atoms with Crippen LogP contribution in [0.5, 0.6) is 0 Å². The van der Waals surface area contributed by atoms with Crippen molar-refractivity contribution < 1.29 is 0 Å². The van der Waals surface area contributed by atoms with E-state index in [1.165, 1.54) is 25.7 Å². The Hall–Kier alpha value is -0.0400. The maximum Gasteiger partial charge on any atom is 0.0102 e. The van der Waals surface area contributed by atoms with Crippen molar-refractivity contribution in [2.24, 2.45) is 0 Å². The highest BCUT2D eigenvalue weighted by Crippen LogP contribution is 2.24. The van der Waals surface area contributed by atoms with E-state index in [1.54, 1.807) is 0 Å². The van der Waals surface area contributed by atoms with E-state index in [9.17, 15) is 0 Å². The average Bonchev–Trinajstić information content (AvgIpc) is 2.12. The van der Waals surface area contributed by atoms with Gasteiger partial charge in [-0.2, -0.15) is 0 Å². The molecule has 45 valence electrons. The summed E-state index contributed by atoms with van der Waals surface area (Å²) in [7, 11) is 0. The Balaban J connectivity index is 2.03. The topological polar surface area (TPSA) is 12.0 Å². The van der Waals surface area contributed by atoms with Gasteiger partial charge in [-0.3, -0.25) is 0 Å². The Morgan fingerprint density at radius 2 is 2.38 bits per heavy atom. The first-order valence-corrected chi connectivity index (χ1v) is 3.54. The van der Waals surface area contributed by atoms with Gasteiger partial charge in [-0.05, 0) is 25.7 Å². The summed E-state index contributed by atoms with van der Waals surface area (Å²) < 4.78 is 0. The molecule has 0 aromatic carbocycles. The molecule has 0 aromatic rings. The normalized spacial score (nSPS) is 45.0. The molecular weight excluding hydrogens is 98.1 g/mol. The smallest absolute Gasteiger partial charge is 0.0102 e. The number of hydrogen-bond donors (Lipinski definition) is 1. The fourth-order valence-electron chi connectivity index (χ4n) is 1.75. The largest absolute Gasteiger partial charge is 0.311 e. The Kier molecular flexibility index (Phi) is 1.04. The van der Waals surface area contributed by atoms with E-state index in [4.69, 9.17) is 0 Å². The molecule has 8 heavy (non-hydrogen) atoms. The first-order valence-electron chi connectivity index (χ1n) is 3.54. The first kappa shape index (κ1) is 4.80. The summed E-state index contributed by atoms with van der Waals surface area (Å²) in [6.45, 7) is 0. The van der Waals surface area contributed by atoms with Crippen molar-refractivity contribution in [2.45, 2.75) is 37.8 Å². The van der Waals surface area contributed by atoms with Crippen LogP contribution in [0.3, 0.4) is 0 Å². The number of hydrogen-bond acceptors (Lipinski definition) is 1. The van der Waals surface area contributed by atoms with Gasteiger partial charge in [-0.1, -0.05) is 6.42 Å². The Morgan fingerprint density at radius 3 is 3.12 bits per heavy atom. The third kappa shape index (κ3) is 0.655. The number of fused-ring (bicyclic) bond motifs is 2. The monoisotopic (exact) mass is 110 g/mol. The third-order valence-electron chi connectivity index (χ3n) is 2.22. The molecule has 1 N–H and O–H groups in total. The van der Waals surface area contributed by atoms with Crippen LogP contribution >= 0.6 is 0 Å². The quantitative estimate of drug-likeness (QED) is 0.492. The van der Waals surface area contributed by atoms with Gasteiger partial charge in [0.2, 0.25) is 0 Å². The van der Waals surface area contributed by atoms with Crippen LogP contribution in [0.4, 0.5) is 0 Å². The summed E-state index contributed by atoms with van der Waals surface area (Å²) in [5.41, 5.74) is 0. The minimum absolute atomic E-state index is 0.786. The molecule has 0 saturated carbocycles. The second kappa shape index (κ2) is 1.73. The van der Waals surface area contributed by atoms with Gasteiger partial charge in [0.25, 0.3) is 0 Å². The van der Waals surface area contributed by atoms with Gasteiger partial charge in [0.15, 0.2) is 0 Å². The molecule has 2 bridgehead atoms. The van der Waals surface area contributed by atoms with Crippen LogP contribution in [-0.2, 0) is 0 Å². The van der Waals surface area contributed by atoms with Gasteiger partial charge in [-0.25, -0.2) is 0 Å². The Bertz CT molecular complexity index is 76.4. The van der Waals surface area contributed by atoms with Crippen LogP contribution < -0.4 is 5.32 Å². The molecule has 1 heteroatoms. The molecule has 0 spiro atoms. The number of rotatable bonds is 0. The van der Waals surface area contributed by atoms with Crippen LogP contribution in [-0.4, -0.2) is 12.1 Å². The predicted molar refractivity (Wildman–Crippen MR) is 33.5 cm³/mol. The highest BCUT2D eigenvalue weighted by molar-refractivity contribution is 4.99. The summed E-state index contributed by atoms with van der Waals surface area (Å²) in [6, 6.07) is 1.64. The van der Waals surface area contributed by atoms with Crippen molar-refractivity contribution in [3.05, 3.63) is 6.42 Å². The molecule has 1 nitrogen and oxygen atoms in total. The second-order valence-corrected chi connectivity index (χ2v) is 2.87. The van der Waals surface area contributed by atoms with E-state index >= 15 is 0 Å². The van der Waals surface area contributed by atoms with Gasteiger partial charge in [0.05, 0.1) is 0 Å². The van der Waals surface area contributed by atoms with E-state index in [1.807, 2.05) is 0 Å². The SMILES string of the molecule is [CH]1CC2CCCC1N2. The van der Waals surface area contributed by atoms with Crippen LogP contribution in [0.25, 0.3) is 0 Å². The molecule has 2 aliphatic rings. The molecule has 1 radical (unpaired) electrons. The summed E-state index contributed by atoms with van der Waals surface area (Å²) >= 11 is 0. The molecular formula is C7H12N. The van der Waals surface area contributed by atoms with Crippen LogP contribution in [0.15, 0.2) is 0 Å². The molecule has 2 aliphatic heterocycles. The lowest BCUT2D eigenvalue weighted by atomic mass is 10.1. The molecule has 2 unspecified atom stereocenters. The minimum atomic E-state index is 0.786. The van der Waals surface area contributed by atoms with Crippen molar-refractivity contribution in [3.63, 3.8) is 0 Å². The molecule has 0 aromatic heterocycles. The molecule has 2 saturated heterocycles. The lowest BCUT2D eigenvalue weighted by molar-refractivity contribution is 0.413. The fourth-order valence-corrected chi connectivity index (χ4v) is 1.75. The van der Waals surface area contributed by atoms with Gasteiger partial charge in [-0.15, -0.1) is 0 Å². The molecule has 2 rings (SSSR count). The van der Waals surface area contributed by atoms with Crippen molar-refractivity contribution >= 4 is 0 Å². The average molecular weight is 110 g/mol. The number of nitrogens with one attached hydrogen (secondary N) is 1. The molecule has 0 amide bonds. The summed E-state index contributed by atoms with van der Waals surface area (Å²) in [4.78, 5) is 0. The van der Waals surface area contributed by atoms with Gasteiger partial charge in [0.1, 0.15) is 0 Å². The minimum Gasteiger partial charge on any atom is -0.311 e. The van der Waals surface area contributed by atoms with Crippen LogP contribution in [0.2, 0.25) is 0 Å². The standard InChI is InChI=1S/C7H12N/c1-2-6-4-5-7(3-1)8-6/h4,6-8H,1-3,5H2. The Morgan fingerprint density at radius 1 is 1.38 bits per heavy atom. The Labute approximate surface area is 50.5 Å². The predicted octanol–water partition coefficient (Wildman–Crippen LogP) is 1.11. The molecule has 2 fully saturated rings. The second-order valence-electron chi connectivity index (χ2n) is 2.87. The maximum absolute atomic E-state index is 3.53. The van der Waals surface area contributed by atoms with E-state index in [0.29, 0.717) is 0 Å². The highest BCUT2D eigenvalue weighted by atomic mass is 15.0. The van der Waals surface area contributed by atoms with Crippen LogP contribution in [0, 0.1) is 6.42 Å². The van der Waals surface area contributed by atoms with Gasteiger partial charge < -0.3 is 5.32 Å². The lowest BCUT2D eigenvalue weighted by Gasteiger charge is -2.19. The summed E-state index contributed by atoms with van der Waals surface area (Å²) in [5.74, 6) is 0. The molecule has 0 aliphatic carbocycles. The maximum atomic E-state index is 3.53. The van der Waals surface area contributed by atoms with Gasteiger partial charge in [0, 0.05) is 12.1 Å². The van der Waals surface area contributed by atoms with E-state index in [0.717, 1.165) is 12.1 Å². The van der Waals surface area contributed by atoms with Crippen molar-refractivity contribution in [1.29, 1.82) is 0 Å². The summed E-state index contributed by atoms with van der Waals surface area (Å²) in [6.07, 6.45) is 7.99. The zero-order chi connectivity index (χ0) is 5.40. The lowest BCUT2D eigenvalue weighted by Crippen LogP contribution is -2.33. The third-order valence-corrected chi connectivity index (χ3v) is 2.22.